The first-order chi connectivity index (χ1) is 14.8. The minimum atomic E-state index is -1.37. The first-order valence-corrected chi connectivity index (χ1v) is 11.3. The van der Waals surface area contributed by atoms with Crippen molar-refractivity contribution in [3.05, 3.63) is 39.6 Å². The van der Waals surface area contributed by atoms with Crippen molar-refractivity contribution >= 4 is 46.3 Å². The van der Waals surface area contributed by atoms with E-state index in [0.717, 1.165) is 29.2 Å². The van der Waals surface area contributed by atoms with E-state index >= 15 is 0 Å². The smallest absolute Gasteiger partial charge is 0.271 e. The number of hydrogen-bond donors (Lipinski definition) is 4. The molecule has 0 saturated carbocycles. The molecule has 5 atom stereocenters. The molecule has 2 aromatic heterocycles. The molecular weight excluding hydrogens is 494 g/mol. The molecule has 0 spiro atoms. The minimum absolute atomic E-state index is 0.0402. The molecule has 0 radical (unpaired) electrons. The van der Waals surface area contributed by atoms with E-state index in [1.807, 2.05) is 0 Å². The fourth-order valence-electron chi connectivity index (χ4n) is 3.12. The van der Waals surface area contributed by atoms with Crippen molar-refractivity contribution in [2.45, 2.75) is 34.7 Å². The first kappa shape index (κ1) is 22.7. The summed E-state index contributed by atoms with van der Waals surface area (Å²) in [6.45, 7) is -0.549. The summed E-state index contributed by atoms with van der Waals surface area (Å²) in [6.07, 6.45) is -2.34. The van der Waals surface area contributed by atoms with Gasteiger partial charge in [-0.1, -0.05) is 51.5 Å². The molecule has 1 aliphatic rings. The van der Waals surface area contributed by atoms with E-state index in [1.54, 1.807) is 5.38 Å². The Morgan fingerprint density at radius 3 is 2.61 bits per heavy atom. The van der Waals surface area contributed by atoms with Gasteiger partial charge in [-0.15, -0.1) is 5.10 Å². The summed E-state index contributed by atoms with van der Waals surface area (Å²) in [5.41, 5.74) is -0.400. The molecule has 9 nitrogen and oxygen atoms in total. The van der Waals surface area contributed by atoms with Crippen LogP contribution in [0.3, 0.4) is 0 Å². The van der Waals surface area contributed by atoms with Crippen LogP contribution in [0.1, 0.15) is 6.04 Å². The summed E-state index contributed by atoms with van der Waals surface area (Å²) in [5.74, 6) is -0.662. The van der Waals surface area contributed by atoms with E-state index < -0.39 is 42.2 Å². The molecule has 1 aliphatic heterocycles. The fraction of sp³-hybridized carbons (Fsp3) is 0.353. The SMILES string of the molecule is OCC1O[C@H](Sc2cc(Cl)c(Cl)cc2F)C(O)C(n2cc(-c3csc(O)n3)nn2)[C@H]1O. The van der Waals surface area contributed by atoms with Gasteiger partial charge in [-0.3, -0.25) is 0 Å². The maximum Gasteiger partial charge on any atom is 0.271 e. The zero-order chi connectivity index (χ0) is 22.3. The number of nitrogens with zero attached hydrogens (tertiary/aromatic N) is 4. The molecular formula is C17H15Cl2FN4O5S2. The zero-order valence-electron chi connectivity index (χ0n) is 15.3. The van der Waals surface area contributed by atoms with Crippen LogP contribution in [0.2, 0.25) is 10.0 Å². The lowest BCUT2D eigenvalue weighted by Crippen LogP contribution is -2.55. The van der Waals surface area contributed by atoms with E-state index in [4.69, 9.17) is 27.9 Å². The van der Waals surface area contributed by atoms with Crippen molar-refractivity contribution in [1.82, 2.24) is 20.0 Å². The third-order valence-corrected chi connectivity index (χ3v) is 7.19. The van der Waals surface area contributed by atoms with Crippen molar-refractivity contribution in [2.75, 3.05) is 6.61 Å². The monoisotopic (exact) mass is 508 g/mol. The van der Waals surface area contributed by atoms with Crippen LogP contribution in [0.25, 0.3) is 11.4 Å². The van der Waals surface area contributed by atoms with Crippen LogP contribution in [0.15, 0.2) is 28.6 Å². The van der Waals surface area contributed by atoms with Crippen molar-refractivity contribution < 1.29 is 29.6 Å². The summed E-state index contributed by atoms with van der Waals surface area (Å²) in [5, 5.41) is 50.1. The Bertz CT molecular complexity index is 1090. The Hall–Kier alpha value is -1.51. The highest BCUT2D eigenvalue weighted by Gasteiger charge is 2.46. The van der Waals surface area contributed by atoms with Gasteiger partial charge in [-0.05, 0) is 12.1 Å². The Morgan fingerprint density at radius 2 is 1.94 bits per heavy atom. The largest absolute Gasteiger partial charge is 0.486 e. The van der Waals surface area contributed by atoms with Crippen molar-refractivity contribution in [3.63, 3.8) is 0 Å². The van der Waals surface area contributed by atoms with Crippen molar-refractivity contribution in [3.8, 4) is 16.6 Å². The molecule has 1 saturated heterocycles. The lowest BCUT2D eigenvalue weighted by Gasteiger charge is -2.41. The van der Waals surface area contributed by atoms with E-state index in [0.29, 0.717) is 11.4 Å². The van der Waals surface area contributed by atoms with Crippen LogP contribution in [0.4, 0.5) is 4.39 Å². The van der Waals surface area contributed by atoms with Gasteiger partial charge < -0.3 is 25.2 Å². The van der Waals surface area contributed by atoms with Crippen LogP contribution >= 0.6 is 46.3 Å². The number of aliphatic hydroxyl groups is 3. The predicted molar refractivity (Wildman–Crippen MR) is 112 cm³/mol. The molecule has 166 valence electrons. The van der Waals surface area contributed by atoms with Gasteiger partial charge >= 0.3 is 0 Å². The Labute approximate surface area is 193 Å². The highest BCUT2D eigenvalue weighted by atomic mass is 35.5. The molecule has 1 aromatic carbocycles. The van der Waals surface area contributed by atoms with Gasteiger partial charge in [0.05, 0.1) is 22.8 Å². The second-order valence-electron chi connectivity index (χ2n) is 6.61. The van der Waals surface area contributed by atoms with Crippen LogP contribution in [-0.2, 0) is 4.74 Å². The maximum atomic E-state index is 14.3. The van der Waals surface area contributed by atoms with E-state index in [2.05, 4.69) is 15.3 Å². The number of thiazole rings is 1. The van der Waals surface area contributed by atoms with Gasteiger partial charge in [0.15, 0.2) is 0 Å². The van der Waals surface area contributed by atoms with Crippen LogP contribution in [0.5, 0.6) is 5.19 Å². The predicted octanol–water partition coefficient (Wildman–Crippen LogP) is 2.33. The Kier molecular flexibility index (Phi) is 6.70. The number of aromatic nitrogens is 4. The van der Waals surface area contributed by atoms with Gasteiger partial charge in [0.1, 0.15) is 47.0 Å². The van der Waals surface area contributed by atoms with Gasteiger partial charge in [0.25, 0.3) is 5.19 Å². The van der Waals surface area contributed by atoms with Crippen LogP contribution in [0, 0.1) is 5.82 Å². The summed E-state index contributed by atoms with van der Waals surface area (Å²) in [6, 6.07) is 1.28. The number of aromatic hydroxyl groups is 1. The first-order valence-electron chi connectivity index (χ1n) is 8.79. The van der Waals surface area contributed by atoms with Gasteiger partial charge in [-0.25, -0.2) is 14.1 Å². The number of aliphatic hydroxyl groups excluding tert-OH is 3. The number of benzene rings is 1. The standard InChI is InChI=1S/C17H15Cl2FN4O5S2/c18-6-1-8(20)12(2-7(6)19)31-16-15(27)13(14(26)11(4-25)29-16)24-3-9(22-23-24)10-5-30-17(28)21-10/h1-3,5,11,13-16,25-27H,4H2,(H,21,28)/t11?,13?,14-,15?,16+/m0/s1. The molecule has 1 fully saturated rings. The maximum absolute atomic E-state index is 14.3. The minimum Gasteiger partial charge on any atom is -0.486 e. The average Bonchev–Trinajstić information content (AvgIpc) is 3.37. The Morgan fingerprint density at radius 1 is 1.19 bits per heavy atom. The van der Waals surface area contributed by atoms with Crippen molar-refractivity contribution in [1.29, 1.82) is 0 Å². The molecule has 0 bridgehead atoms. The molecule has 0 amide bonds. The molecule has 3 heterocycles. The third kappa shape index (κ3) is 4.52. The van der Waals surface area contributed by atoms with E-state index in [1.165, 1.54) is 16.9 Å². The van der Waals surface area contributed by atoms with Crippen LogP contribution < -0.4 is 0 Å². The zero-order valence-corrected chi connectivity index (χ0v) is 18.5. The van der Waals surface area contributed by atoms with Gasteiger partial charge in [0.2, 0.25) is 0 Å². The molecule has 3 unspecified atom stereocenters. The number of rotatable bonds is 5. The topological polar surface area (TPSA) is 134 Å². The Balaban J connectivity index is 1.63. The third-order valence-electron chi connectivity index (χ3n) is 4.64. The lowest BCUT2D eigenvalue weighted by molar-refractivity contribution is -0.178. The highest BCUT2D eigenvalue weighted by Crippen LogP contribution is 2.40. The summed E-state index contributed by atoms with van der Waals surface area (Å²) in [7, 11) is 0. The average molecular weight is 509 g/mol. The summed E-state index contributed by atoms with van der Waals surface area (Å²) in [4.78, 5) is 3.98. The summed E-state index contributed by atoms with van der Waals surface area (Å²) >= 11 is 13.6. The quantitative estimate of drug-likeness (QED) is 0.383. The fourth-order valence-corrected chi connectivity index (χ4v) is 5.15. The van der Waals surface area contributed by atoms with E-state index in [9.17, 15) is 24.8 Å². The van der Waals surface area contributed by atoms with Gasteiger partial charge in [-0.2, -0.15) is 0 Å². The molecule has 4 N–H and O–H groups in total. The number of thioether (sulfide) groups is 1. The van der Waals surface area contributed by atoms with Crippen molar-refractivity contribution in [2.24, 2.45) is 0 Å². The number of hydrogen-bond acceptors (Lipinski definition) is 10. The summed E-state index contributed by atoms with van der Waals surface area (Å²) < 4.78 is 21.2. The molecule has 4 rings (SSSR count). The molecule has 31 heavy (non-hydrogen) atoms. The molecule has 14 heteroatoms. The normalized spacial score (nSPS) is 26.3. The number of ether oxygens (including phenoxy) is 1. The second kappa shape index (κ2) is 9.16. The van der Waals surface area contributed by atoms with E-state index in [-0.39, 0.29) is 20.1 Å². The van der Waals surface area contributed by atoms with Crippen LogP contribution in [-0.4, -0.2) is 70.8 Å². The lowest BCUT2D eigenvalue weighted by atomic mass is 9.97. The molecule has 0 aliphatic carbocycles. The second-order valence-corrected chi connectivity index (χ2v) is 9.40. The molecule has 3 aromatic rings. The highest BCUT2D eigenvalue weighted by molar-refractivity contribution is 7.99. The van der Waals surface area contributed by atoms with Gasteiger partial charge in [0, 0.05) is 10.3 Å². The number of halogens is 3.